The van der Waals surface area contributed by atoms with Crippen LogP contribution in [-0.2, 0) is 19.1 Å². The Morgan fingerprint density at radius 2 is 1.78 bits per heavy atom. The first-order chi connectivity index (χ1) is 8.56. The van der Waals surface area contributed by atoms with Gasteiger partial charge in [-0.3, -0.25) is 14.5 Å². The molecule has 0 radical (unpaired) electrons. The molecule has 18 heavy (non-hydrogen) atoms. The molecule has 3 heterocycles. The Balaban J connectivity index is 1.86. The number of fused-ring (bicyclic) bond motifs is 5. The molecule has 0 aliphatic carbocycles. The summed E-state index contributed by atoms with van der Waals surface area (Å²) in [6, 6.07) is 0. The monoisotopic (exact) mass is 255 g/mol. The van der Waals surface area contributed by atoms with Crippen LogP contribution in [-0.4, -0.2) is 53.5 Å². The minimum absolute atomic E-state index is 0.147. The van der Waals surface area contributed by atoms with Crippen molar-refractivity contribution in [2.45, 2.75) is 44.3 Å². The molecule has 1 N–H and O–H groups in total. The predicted molar refractivity (Wildman–Crippen MR) is 59.2 cm³/mol. The molecule has 6 unspecified atom stereocenters. The van der Waals surface area contributed by atoms with Gasteiger partial charge in [0, 0.05) is 7.11 Å². The third-order valence-electron chi connectivity index (χ3n) is 4.37. The number of nitrogens with zero attached hydrogens (tertiary/aromatic N) is 1. The van der Waals surface area contributed by atoms with Crippen LogP contribution in [0, 0.1) is 11.8 Å². The number of ether oxygens (including phenoxy) is 2. The molecule has 2 bridgehead atoms. The van der Waals surface area contributed by atoms with E-state index in [1.54, 1.807) is 6.92 Å². The van der Waals surface area contributed by atoms with Gasteiger partial charge in [0.1, 0.15) is 0 Å². The molecular weight excluding hydrogens is 238 g/mol. The molecule has 0 aromatic carbocycles. The maximum absolute atomic E-state index is 12.3. The second kappa shape index (κ2) is 4.01. The second-order valence-corrected chi connectivity index (χ2v) is 5.24. The van der Waals surface area contributed by atoms with Gasteiger partial charge in [-0.2, -0.15) is 0 Å². The van der Waals surface area contributed by atoms with E-state index < -0.39 is 24.2 Å². The molecule has 6 heteroatoms. The third kappa shape index (κ3) is 1.39. The number of imide groups is 1. The lowest BCUT2D eigenvalue weighted by molar-refractivity contribution is -0.162. The minimum atomic E-state index is -1.21. The Hall–Kier alpha value is -0.980. The number of methoxy groups -OCH3 is 1. The van der Waals surface area contributed by atoms with Gasteiger partial charge < -0.3 is 14.6 Å². The molecule has 3 aliphatic rings. The second-order valence-electron chi connectivity index (χ2n) is 5.24. The quantitative estimate of drug-likeness (QED) is 0.688. The zero-order valence-corrected chi connectivity index (χ0v) is 10.4. The van der Waals surface area contributed by atoms with Gasteiger partial charge in [-0.1, -0.05) is 0 Å². The van der Waals surface area contributed by atoms with Gasteiger partial charge in [-0.05, 0) is 19.8 Å². The summed E-state index contributed by atoms with van der Waals surface area (Å²) in [5.74, 6) is -1.41. The van der Waals surface area contributed by atoms with Crippen molar-refractivity contribution in [1.29, 1.82) is 0 Å². The van der Waals surface area contributed by atoms with E-state index in [1.165, 1.54) is 7.11 Å². The fourth-order valence-corrected chi connectivity index (χ4v) is 3.33. The van der Waals surface area contributed by atoms with E-state index in [0.29, 0.717) is 0 Å². The average molecular weight is 255 g/mol. The van der Waals surface area contributed by atoms with Crippen molar-refractivity contribution >= 4 is 11.8 Å². The van der Waals surface area contributed by atoms with Crippen LogP contribution in [0.2, 0.25) is 0 Å². The number of aliphatic hydroxyl groups is 1. The topological polar surface area (TPSA) is 76.1 Å². The number of carbonyl (C=O) groups is 2. The molecule has 3 rings (SSSR count). The molecule has 3 aliphatic heterocycles. The number of hydrogen-bond acceptors (Lipinski definition) is 5. The minimum Gasteiger partial charge on any atom is -0.377 e. The van der Waals surface area contributed by atoms with Crippen molar-refractivity contribution in [3.8, 4) is 0 Å². The maximum atomic E-state index is 12.3. The summed E-state index contributed by atoms with van der Waals surface area (Å²) in [5.41, 5.74) is 0. The van der Waals surface area contributed by atoms with Crippen molar-refractivity contribution in [2.75, 3.05) is 7.11 Å². The lowest BCUT2D eigenvalue weighted by Crippen LogP contribution is -2.48. The first kappa shape index (κ1) is 12.1. The van der Waals surface area contributed by atoms with Crippen molar-refractivity contribution < 1.29 is 24.2 Å². The Bertz CT molecular complexity index is 370. The molecule has 100 valence electrons. The Labute approximate surface area is 105 Å². The van der Waals surface area contributed by atoms with E-state index in [0.717, 1.165) is 17.7 Å². The van der Waals surface area contributed by atoms with Crippen molar-refractivity contribution in [3.63, 3.8) is 0 Å². The highest BCUT2D eigenvalue weighted by Gasteiger charge is 2.63. The van der Waals surface area contributed by atoms with Crippen LogP contribution < -0.4 is 0 Å². The standard InChI is InChI=1S/C12H17NO5/c1-5(17-2)10(14)13-11(15)8-6-3-4-7(18-6)9(8)12(13)16/h5-10,14H,3-4H2,1-2H3. The molecule has 0 saturated carbocycles. The summed E-state index contributed by atoms with van der Waals surface area (Å²) >= 11 is 0. The van der Waals surface area contributed by atoms with Crippen LogP contribution >= 0.6 is 0 Å². The highest BCUT2D eigenvalue weighted by atomic mass is 16.5. The largest absolute Gasteiger partial charge is 0.377 e. The van der Waals surface area contributed by atoms with Crippen LogP contribution in [0.4, 0.5) is 0 Å². The average Bonchev–Trinajstić information content (AvgIpc) is 3.02. The predicted octanol–water partition coefficient (Wildman–Crippen LogP) is -0.498. The van der Waals surface area contributed by atoms with Crippen LogP contribution in [0.25, 0.3) is 0 Å². The summed E-state index contributed by atoms with van der Waals surface area (Å²) in [6.07, 6.45) is -0.434. The zero-order valence-electron chi connectivity index (χ0n) is 10.4. The van der Waals surface area contributed by atoms with Crippen LogP contribution in [0.1, 0.15) is 19.8 Å². The molecule has 2 amide bonds. The van der Waals surface area contributed by atoms with Gasteiger partial charge >= 0.3 is 0 Å². The van der Waals surface area contributed by atoms with Gasteiger partial charge in [0.25, 0.3) is 0 Å². The van der Waals surface area contributed by atoms with E-state index in [4.69, 9.17) is 9.47 Å². The third-order valence-corrected chi connectivity index (χ3v) is 4.37. The van der Waals surface area contributed by atoms with E-state index >= 15 is 0 Å². The summed E-state index contributed by atoms with van der Waals surface area (Å²) in [7, 11) is 1.44. The molecule has 0 spiro atoms. The normalized spacial score (nSPS) is 41.4. The van der Waals surface area contributed by atoms with Gasteiger partial charge in [-0.15, -0.1) is 0 Å². The summed E-state index contributed by atoms with van der Waals surface area (Å²) in [6.45, 7) is 1.63. The first-order valence-corrected chi connectivity index (χ1v) is 6.29. The lowest BCUT2D eigenvalue weighted by atomic mass is 9.81. The summed E-state index contributed by atoms with van der Waals surface area (Å²) in [4.78, 5) is 25.5. The molecule has 3 saturated heterocycles. The van der Waals surface area contributed by atoms with Crippen LogP contribution in [0.5, 0.6) is 0 Å². The highest BCUT2D eigenvalue weighted by molar-refractivity contribution is 6.06. The molecular formula is C12H17NO5. The van der Waals surface area contributed by atoms with Crippen LogP contribution in [0.15, 0.2) is 0 Å². The molecule has 0 aromatic rings. The Morgan fingerprint density at radius 1 is 1.28 bits per heavy atom. The zero-order chi connectivity index (χ0) is 13.0. The van der Waals surface area contributed by atoms with Gasteiger partial charge in [0.2, 0.25) is 11.8 Å². The number of amides is 2. The van der Waals surface area contributed by atoms with Crippen molar-refractivity contribution in [2.24, 2.45) is 11.8 Å². The SMILES string of the molecule is COC(C)C(O)N1C(=O)C2C3CCC(O3)C2C1=O. The number of rotatable bonds is 3. The molecule has 0 aromatic heterocycles. The van der Waals surface area contributed by atoms with Gasteiger partial charge in [0.05, 0.1) is 30.1 Å². The van der Waals surface area contributed by atoms with Crippen molar-refractivity contribution in [3.05, 3.63) is 0 Å². The van der Waals surface area contributed by atoms with Crippen molar-refractivity contribution in [1.82, 2.24) is 4.90 Å². The number of carbonyl (C=O) groups excluding carboxylic acids is 2. The first-order valence-electron chi connectivity index (χ1n) is 6.29. The Morgan fingerprint density at radius 3 is 2.22 bits per heavy atom. The van der Waals surface area contributed by atoms with E-state index in [2.05, 4.69) is 0 Å². The van der Waals surface area contributed by atoms with Gasteiger partial charge in [0.15, 0.2) is 6.23 Å². The number of likely N-dealkylation sites (tertiary alicyclic amines) is 1. The van der Waals surface area contributed by atoms with Crippen LogP contribution in [0.3, 0.4) is 0 Å². The van der Waals surface area contributed by atoms with E-state index in [9.17, 15) is 14.7 Å². The van der Waals surface area contributed by atoms with Gasteiger partial charge in [-0.25, -0.2) is 0 Å². The molecule has 3 fully saturated rings. The number of aliphatic hydroxyl groups excluding tert-OH is 1. The fourth-order valence-electron chi connectivity index (χ4n) is 3.33. The number of hydrogen-bond donors (Lipinski definition) is 1. The summed E-state index contributed by atoms with van der Waals surface area (Å²) in [5, 5.41) is 10.0. The maximum Gasteiger partial charge on any atom is 0.238 e. The Kier molecular flexibility index (Phi) is 2.69. The highest BCUT2D eigenvalue weighted by Crippen LogP contribution is 2.48. The fraction of sp³-hybridized carbons (Fsp3) is 0.833. The van der Waals surface area contributed by atoms with E-state index in [1.807, 2.05) is 0 Å². The summed E-state index contributed by atoms with van der Waals surface area (Å²) < 4.78 is 10.6. The lowest BCUT2D eigenvalue weighted by Gasteiger charge is -2.27. The molecule has 6 nitrogen and oxygen atoms in total. The molecule has 6 atom stereocenters. The smallest absolute Gasteiger partial charge is 0.238 e. The van der Waals surface area contributed by atoms with E-state index in [-0.39, 0.29) is 24.0 Å².